The van der Waals surface area contributed by atoms with Gasteiger partial charge in [0.05, 0.1) is 5.56 Å². The number of amides is 1. The van der Waals surface area contributed by atoms with Crippen LogP contribution in [-0.2, 0) is 0 Å². The Balaban J connectivity index is 1.94. The number of likely N-dealkylation sites (tertiary alicyclic amines) is 1. The Morgan fingerprint density at radius 1 is 1.40 bits per heavy atom. The molecule has 1 heterocycles. The summed E-state index contributed by atoms with van der Waals surface area (Å²) in [5.74, 6) is -0.604. The number of carbonyl (C=O) groups excluding carboxylic acids is 1. The van der Waals surface area contributed by atoms with Gasteiger partial charge in [0.15, 0.2) is 0 Å². The highest BCUT2D eigenvalue weighted by atomic mass is 79.9. The zero-order valence-corrected chi connectivity index (χ0v) is 13.4. The molecule has 0 saturated carbocycles. The normalized spacial score (nSPS) is 17.4. The van der Waals surface area contributed by atoms with E-state index >= 15 is 0 Å². The molecule has 1 aliphatic heterocycles. The lowest BCUT2D eigenvalue weighted by Gasteiger charge is -2.34. The third-order valence-corrected chi connectivity index (χ3v) is 4.46. The van der Waals surface area contributed by atoms with Gasteiger partial charge in [0.1, 0.15) is 5.82 Å². The molecule has 0 unspecified atom stereocenters. The van der Waals surface area contributed by atoms with Gasteiger partial charge >= 0.3 is 0 Å². The Morgan fingerprint density at radius 2 is 2.05 bits per heavy atom. The summed E-state index contributed by atoms with van der Waals surface area (Å²) in [5, 5.41) is 3.00. The Labute approximate surface area is 127 Å². The summed E-state index contributed by atoms with van der Waals surface area (Å²) in [5.41, 5.74) is 0.358. The van der Waals surface area contributed by atoms with Crippen molar-refractivity contribution in [2.45, 2.75) is 38.8 Å². The van der Waals surface area contributed by atoms with E-state index in [0.29, 0.717) is 16.1 Å². The van der Waals surface area contributed by atoms with Gasteiger partial charge < -0.3 is 10.2 Å². The number of hydrogen-bond acceptors (Lipinski definition) is 2. The zero-order chi connectivity index (χ0) is 14.7. The zero-order valence-electron chi connectivity index (χ0n) is 11.8. The monoisotopic (exact) mass is 342 g/mol. The molecule has 1 fully saturated rings. The van der Waals surface area contributed by atoms with E-state index in [2.05, 4.69) is 40.0 Å². The molecule has 0 bridgehead atoms. The predicted molar refractivity (Wildman–Crippen MR) is 81.3 cm³/mol. The molecule has 20 heavy (non-hydrogen) atoms. The third kappa shape index (κ3) is 3.79. The maximum atomic E-state index is 13.2. The summed E-state index contributed by atoms with van der Waals surface area (Å²) in [6.45, 7) is 6.35. The maximum absolute atomic E-state index is 13.2. The molecule has 0 spiro atoms. The highest BCUT2D eigenvalue weighted by molar-refractivity contribution is 9.10. The van der Waals surface area contributed by atoms with Crippen molar-refractivity contribution in [3.05, 3.63) is 34.1 Å². The SMILES string of the molecule is CC(C)N1CCC(NC(=O)c2cc(F)ccc2Br)CC1. The number of nitrogens with one attached hydrogen (secondary N) is 1. The van der Waals surface area contributed by atoms with E-state index in [1.54, 1.807) is 6.07 Å². The first-order valence-corrected chi connectivity index (χ1v) is 7.76. The second-order valence-corrected chi connectivity index (χ2v) is 6.36. The molecular weight excluding hydrogens is 323 g/mol. The molecule has 5 heteroatoms. The molecule has 2 rings (SSSR count). The van der Waals surface area contributed by atoms with Crippen molar-refractivity contribution in [1.29, 1.82) is 0 Å². The van der Waals surface area contributed by atoms with E-state index in [1.165, 1.54) is 12.1 Å². The van der Waals surface area contributed by atoms with Crippen molar-refractivity contribution < 1.29 is 9.18 Å². The van der Waals surface area contributed by atoms with Crippen LogP contribution in [0.2, 0.25) is 0 Å². The summed E-state index contributed by atoms with van der Waals surface area (Å²) in [6, 6.07) is 4.88. The Bertz CT molecular complexity index is 485. The van der Waals surface area contributed by atoms with Gasteiger partial charge in [-0.25, -0.2) is 4.39 Å². The van der Waals surface area contributed by atoms with Gasteiger partial charge in [-0.3, -0.25) is 4.79 Å². The number of rotatable bonds is 3. The molecule has 1 amide bonds. The molecule has 3 nitrogen and oxygen atoms in total. The molecule has 0 radical (unpaired) electrons. The van der Waals surface area contributed by atoms with Crippen molar-refractivity contribution in [2.24, 2.45) is 0 Å². The fraction of sp³-hybridized carbons (Fsp3) is 0.533. The van der Waals surface area contributed by atoms with Gasteiger partial charge in [-0.1, -0.05) is 0 Å². The van der Waals surface area contributed by atoms with E-state index in [1.807, 2.05) is 0 Å². The fourth-order valence-electron chi connectivity index (χ4n) is 2.49. The highest BCUT2D eigenvalue weighted by Gasteiger charge is 2.23. The second kappa shape index (κ2) is 6.68. The van der Waals surface area contributed by atoms with Crippen molar-refractivity contribution >= 4 is 21.8 Å². The minimum absolute atomic E-state index is 0.174. The quantitative estimate of drug-likeness (QED) is 0.914. The Morgan fingerprint density at radius 3 is 2.65 bits per heavy atom. The van der Waals surface area contributed by atoms with Crippen molar-refractivity contribution in [3.8, 4) is 0 Å². The lowest BCUT2D eigenvalue weighted by Crippen LogP contribution is -2.46. The Hall–Kier alpha value is -0.940. The second-order valence-electron chi connectivity index (χ2n) is 5.50. The highest BCUT2D eigenvalue weighted by Crippen LogP contribution is 2.19. The minimum Gasteiger partial charge on any atom is -0.349 e. The number of hydrogen-bond donors (Lipinski definition) is 1. The molecule has 1 aliphatic rings. The predicted octanol–water partition coefficient (Wildman–Crippen LogP) is 3.19. The van der Waals surface area contributed by atoms with Crippen LogP contribution in [0, 0.1) is 5.82 Å². The molecule has 0 atom stereocenters. The largest absolute Gasteiger partial charge is 0.349 e. The topological polar surface area (TPSA) is 32.3 Å². The van der Waals surface area contributed by atoms with Gasteiger partial charge in [-0.15, -0.1) is 0 Å². The fourth-order valence-corrected chi connectivity index (χ4v) is 2.92. The maximum Gasteiger partial charge on any atom is 0.252 e. The molecule has 1 aromatic carbocycles. The molecule has 1 aromatic rings. The summed E-state index contributed by atoms with van der Waals surface area (Å²) >= 11 is 3.29. The summed E-state index contributed by atoms with van der Waals surface area (Å²) in [7, 11) is 0. The van der Waals surface area contributed by atoms with E-state index in [0.717, 1.165) is 25.9 Å². The number of piperidine rings is 1. The van der Waals surface area contributed by atoms with Crippen LogP contribution in [0.25, 0.3) is 0 Å². The van der Waals surface area contributed by atoms with Crippen LogP contribution < -0.4 is 5.32 Å². The average molecular weight is 343 g/mol. The Kier molecular flexibility index (Phi) is 5.16. The number of halogens is 2. The molecule has 1 N–H and O–H groups in total. The van der Waals surface area contributed by atoms with Crippen molar-refractivity contribution in [1.82, 2.24) is 10.2 Å². The first-order chi connectivity index (χ1) is 9.47. The molecular formula is C15H20BrFN2O. The first-order valence-electron chi connectivity index (χ1n) is 6.97. The van der Waals surface area contributed by atoms with Gasteiger partial charge in [-0.05, 0) is 60.8 Å². The van der Waals surface area contributed by atoms with E-state index in [9.17, 15) is 9.18 Å². The average Bonchev–Trinajstić information content (AvgIpc) is 2.42. The standard InChI is InChI=1S/C15H20BrFN2O/c1-10(2)19-7-5-12(6-8-19)18-15(20)13-9-11(17)3-4-14(13)16/h3-4,9-10,12H,5-8H2,1-2H3,(H,18,20). The van der Waals surface area contributed by atoms with Crippen LogP contribution in [0.5, 0.6) is 0 Å². The van der Waals surface area contributed by atoms with E-state index in [4.69, 9.17) is 0 Å². The summed E-state index contributed by atoms with van der Waals surface area (Å²) in [4.78, 5) is 14.6. The molecule has 0 aliphatic carbocycles. The van der Waals surface area contributed by atoms with Crippen LogP contribution >= 0.6 is 15.9 Å². The minimum atomic E-state index is -0.395. The van der Waals surface area contributed by atoms with Gasteiger partial charge in [0.2, 0.25) is 0 Å². The van der Waals surface area contributed by atoms with Crippen LogP contribution in [0.3, 0.4) is 0 Å². The third-order valence-electron chi connectivity index (χ3n) is 3.77. The summed E-state index contributed by atoms with van der Waals surface area (Å²) in [6.07, 6.45) is 1.88. The lowest BCUT2D eigenvalue weighted by molar-refractivity contribution is 0.0899. The van der Waals surface area contributed by atoms with Gasteiger partial charge in [0.25, 0.3) is 5.91 Å². The van der Waals surface area contributed by atoms with Crippen LogP contribution in [0.4, 0.5) is 4.39 Å². The number of benzene rings is 1. The van der Waals surface area contributed by atoms with E-state index in [-0.39, 0.29) is 11.9 Å². The summed E-state index contributed by atoms with van der Waals surface area (Å²) < 4.78 is 13.8. The molecule has 1 saturated heterocycles. The van der Waals surface area contributed by atoms with Gasteiger partial charge in [-0.2, -0.15) is 0 Å². The lowest BCUT2D eigenvalue weighted by atomic mass is 10.0. The van der Waals surface area contributed by atoms with E-state index < -0.39 is 5.82 Å². The van der Waals surface area contributed by atoms with Crippen LogP contribution in [-0.4, -0.2) is 36.0 Å². The van der Waals surface area contributed by atoms with Gasteiger partial charge in [0, 0.05) is 29.6 Å². The number of carbonyl (C=O) groups is 1. The smallest absolute Gasteiger partial charge is 0.252 e. The van der Waals surface area contributed by atoms with Crippen molar-refractivity contribution in [3.63, 3.8) is 0 Å². The first kappa shape index (κ1) is 15.4. The number of nitrogens with zero attached hydrogens (tertiary/aromatic N) is 1. The molecule has 0 aromatic heterocycles. The van der Waals surface area contributed by atoms with Crippen LogP contribution in [0.1, 0.15) is 37.0 Å². The van der Waals surface area contributed by atoms with Crippen LogP contribution in [0.15, 0.2) is 22.7 Å². The van der Waals surface area contributed by atoms with Crippen molar-refractivity contribution in [2.75, 3.05) is 13.1 Å². The molecule has 110 valence electrons.